The SMILES string of the molecule is Cc1cc(CN2CCN(CC(=O)Nc3ccc(C(C)(C)C)cc3)CC2)no1. The predicted octanol–water partition coefficient (Wildman–Crippen LogP) is 3.04. The van der Waals surface area contributed by atoms with Crippen LogP contribution in [0, 0.1) is 6.92 Å². The normalized spacial score (nSPS) is 16.4. The van der Waals surface area contributed by atoms with E-state index < -0.39 is 0 Å². The van der Waals surface area contributed by atoms with E-state index in [0.717, 1.165) is 49.9 Å². The second-order valence-corrected chi connectivity index (χ2v) is 8.36. The van der Waals surface area contributed by atoms with E-state index in [-0.39, 0.29) is 11.3 Å². The Labute approximate surface area is 161 Å². The molecule has 0 atom stereocenters. The van der Waals surface area contributed by atoms with Crippen molar-refractivity contribution in [3.63, 3.8) is 0 Å². The number of rotatable bonds is 5. The van der Waals surface area contributed by atoms with Crippen molar-refractivity contribution >= 4 is 11.6 Å². The minimum absolute atomic E-state index is 0.0408. The summed E-state index contributed by atoms with van der Waals surface area (Å²) in [6, 6.07) is 10.1. The fraction of sp³-hybridized carbons (Fsp3) is 0.524. The van der Waals surface area contributed by atoms with Crippen molar-refractivity contribution in [2.24, 2.45) is 0 Å². The number of piperazine rings is 1. The lowest BCUT2D eigenvalue weighted by molar-refractivity contribution is -0.117. The summed E-state index contributed by atoms with van der Waals surface area (Å²) < 4.78 is 5.12. The van der Waals surface area contributed by atoms with Gasteiger partial charge < -0.3 is 9.84 Å². The molecule has 0 unspecified atom stereocenters. The highest BCUT2D eigenvalue weighted by molar-refractivity contribution is 5.92. The Balaban J connectivity index is 1.42. The van der Waals surface area contributed by atoms with E-state index >= 15 is 0 Å². The minimum atomic E-state index is 0.0408. The van der Waals surface area contributed by atoms with Gasteiger partial charge in [0.1, 0.15) is 5.76 Å². The van der Waals surface area contributed by atoms with E-state index in [0.29, 0.717) is 6.54 Å². The van der Waals surface area contributed by atoms with Crippen molar-refractivity contribution in [2.75, 3.05) is 38.0 Å². The van der Waals surface area contributed by atoms with E-state index in [1.165, 1.54) is 5.56 Å². The van der Waals surface area contributed by atoms with E-state index in [4.69, 9.17) is 4.52 Å². The van der Waals surface area contributed by atoms with Gasteiger partial charge >= 0.3 is 0 Å². The van der Waals surface area contributed by atoms with Gasteiger partial charge in [-0.1, -0.05) is 38.1 Å². The molecule has 2 heterocycles. The number of benzene rings is 1. The lowest BCUT2D eigenvalue weighted by Crippen LogP contribution is -2.48. The molecule has 1 N–H and O–H groups in total. The van der Waals surface area contributed by atoms with Gasteiger partial charge in [0.25, 0.3) is 0 Å². The van der Waals surface area contributed by atoms with E-state index in [1.54, 1.807) is 0 Å². The molecule has 1 aromatic carbocycles. The first-order chi connectivity index (χ1) is 12.8. The molecular weight excluding hydrogens is 340 g/mol. The van der Waals surface area contributed by atoms with Crippen LogP contribution in [0.2, 0.25) is 0 Å². The van der Waals surface area contributed by atoms with Crippen molar-refractivity contribution in [2.45, 2.75) is 39.7 Å². The first-order valence-electron chi connectivity index (χ1n) is 9.57. The number of hydrogen-bond acceptors (Lipinski definition) is 5. The van der Waals surface area contributed by atoms with E-state index in [9.17, 15) is 4.79 Å². The third kappa shape index (κ3) is 5.65. The number of aromatic nitrogens is 1. The molecule has 0 bridgehead atoms. The quantitative estimate of drug-likeness (QED) is 0.877. The molecule has 6 heteroatoms. The monoisotopic (exact) mass is 370 g/mol. The number of amides is 1. The largest absolute Gasteiger partial charge is 0.361 e. The molecule has 1 aliphatic rings. The van der Waals surface area contributed by atoms with Gasteiger partial charge in [-0.15, -0.1) is 0 Å². The Kier molecular flexibility index (Phi) is 5.97. The summed E-state index contributed by atoms with van der Waals surface area (Å²) in [5.41, 5.74) is 3.21. The number of nitrogens with one attached hydrogen (secondary N) is 1. The molecule has 1 saturated heterocycles. The van der Waals surface area contributed by atoms with Crippen LogP contribution < -0.4 is 5.32 Å². The zero-order valence-corrected chi connectivity index (χ0v) is 16.8. The third-order valence-corrected chi connectivity index (χ3v) is 4.93. The van der Waals surface area contributed by atoms with Crippen LogP contribution in [0.5, 0.6) is 0 Å². The number of aryl methyl sites for hydroxylation is 1. The Morgan fingerprint density at radius 3 is 2.30 bits per heavy atom. The fourth-order valence-electron chi connectivity index (χ4n) is 3.28. The summed E-state index contributed by atoms with van der Waals surface area (Å²) in [6.45, 7) is 13.3. The summed E-state index contributed by atoms with van der Waals surface area (Å²) in [5, 5.41) is 7.06. The van der Waals surface area contributed by atoms with Crippen LogP contribution in [0.15, 0.2) is 34.9 Å². The summed E-state index contributed by atoms with van der Waals surface area (Å²) >= 11 is 0. The maximum absolute atomic E-state index is 12.3. The van der Waals surface area contributed by atoms with Gasteiger partial charge in [0.15, 0.2) is 0 Å². The van der Waals surface area contributed by atoms with Gasteiger partial charge in [0.2, 0.25) is 5.91 Å². The molecular formula is C21H30N4O2. The maximum atomic E-state index is 12.3. The summed E-state index contributed by atoms with van der Waals surface area (Å²) in [6.07, 6.45) is 0. The smallest absolute Gasteiger partial charge is 0.238 e. The molecule has 3 rings (SSSR count). The number of carbonyl (C=O) groups excluding carboxylic acids is 1. The molecule has 1 fully saturated rings. The average molecular weight is 370 g/mol. The highest BCUT2D eigenvalue weighted by Crippen LogP contribution is 2.23. The van der Waals surface area contributed by atoms with Crippen LogP contribution in [0.1, 0.15) is 37.8 Å². The summed E-state index contributed by atoms with van der Waals surface area (Å²) in [7, 11) is 0. The zero-order valence-electron chi connectivity index (χ0n) is 16.8. The van der Waals surface area contributed by atoms with Crippen molar-refractivity contribution in [3.05, 3.63) is 47.3 Å². The van der Waals surface area contributed by atoms with Gasteiger partial charge in [0.05, 0.1) is 12.2 Å². The topological polar surface area (TPSA) is 61.6 Å². The number of anilines is 1. The molecule has 2 aromatic rings. The van der Waals surface area contributed by atoms with Crippen LogP contribution in [-0.2, 0) is 16.8 Å². The summed E-state index contributed by atoms with van der Waals surface area (Å²) in [4.78, 5) is 16.9. The Morgan fingerprint density at radius 1 is 1.11 bits per heavy atom. The van der Waals surface area contributed by atoms with Gasteiger partial charge in [-0.05, 0) is 30.0 Å². The van der Waals surface area contributed by atoms with Gasteiger partial charge in [-0.2, -0.15) is 0 Å². The Morgan fingerprint density at radius 2 is 1.74 bits per heavy atom. The first kappa shape index (κ1) is 19.6. The standard InChI is InChI=1S/C21H30N4O2/c1-16-13-19(23-27-16)14-24-9-11-25(12-10-24)15-20(26)22-18-7-5-17(6-8-18)21(2,3)4/h5-8,13H,9-12,14-15H2,1-4H3,(H,22,26). The molecule has 0 radical (unpaired) electrons. The zero-order chi connectivity index (χ0) is 19.4. The predicted molar refractivity (Wildman–Crippen MR) is 107 cm³/mol. The van der Waals surface area contributed by atoms with Crippen molar-refractivity contribution < 1.29 is 9.32 Å². The maximum Gasteiger partial charge on any atom is 0.238 e. The van der Waals surface area contributed by atoms with Gasteiger partial charge in [-0.3, -0.25) is 14.6 Å². The lowest BCUT2D eigenvalue weighted by Gasteiger charge is -2.33. The van der Waals surface area contributed by atoms with Crippen molar-refractivity contribution in [1.29, 1.82) is 0 Å². The van der Waals surface area contributed by atoms with Crippen LogP contribution in [-0.4, -0.2) is 53.6 Å². The minimum Gasteiger partial charge on any atom is -0.361 e. The molecule has 6 nitrogen and oxygen atoms in total. The first-order valence-corrected chi connectivity index (χ1v) is 9.57. The lowest BCUT2D eigenvalue weighted by atomic mass is 9.87. The number of carbonyl (C=O) groups is 1. The van der Waals surface area contributed by atoms with Gasteiger partial charge in [0, 0.05) is 44.5 Å². The highest BCUT2D eigenvalue weighted by atomic mass is 16.5. The van der Waals surface area contributed by atoms with Crippen LogP contribution in [0.3, 0.4) is 0 Å². The molecule has 146 valence electrons. The molecule has 1 aromatic heterocycles. The molecule has 0 aliphatic carbocycles. The van der Waals surface area contributed by atoms with Crippen LogP contribution in [0.4, 0.5) is 5.69 Å². The molecule has 0 spiro atoms. The summed E-state index contributed by atoms with van der Waals surface area (Å²) in [5.74, 6) is 0.884. The molecule has 0 saturated carbocycles. The van der Waals surface area contributed by atoms with Crippen molar-refractivity contribution in [3.8, 4) is 0 Å². The Hall–Kier alpha value is -2.18. The Bertz CT molecular complexity index is 753. The molecule has 27 heavy (non-hydrogen) atoms. The average Bonchev–Trinajstić information content (AvgIpc) is 3.01. The fourth-order valence-corrected chi connectivity index (χ4v) is 3.28. The second kappa shape index (κ2) is 8.23. The number of hydrogen-bond donors (Lipinski definition) is 1. The van der Waals surface area contributed by atoms with Crippen molar-refractivity contribution in [1.82, 2.24) is 15.0 Å². The highest BCUT2D eigenvalue weighted by Gasteiger charge is 2.20. The van der Waals surface area contributed by atoms with Gasteiger partial charge in [-0.25, -0.2) is 0 Å². The number of nitrogens with zero attached hydrogens (tertiary/aromatic N) is 3. The van der Waals surface area contributed by atoms with E-state index in [1.807, 2.05) is 25.1 Å². The van der Waals surface area contributed by atoms with Crippen LogP contribution >= 0.6 is 0 Å². The molecule has 1 amide bonds. The van der Waals surface area contributed by atoms with Crippen LogP contribution in [0.25, 0.3) is 0 Å². The molecule has 1 aliphatic heterocycles. The second-order valence-electron chi connectivity index (χ2n) is 8.36. The van der Waals surface area contributed by atoms with E-state index in [2.05, 4.69) is 53.2 Å². The third-order valence-electron chi connectivity index (χ3n) is 4.93.